The van der Waals surface area contributed by atoms with Crippen LogP contribution in [-0.4, -0.2) is 45.4 Å². The van der Waals surface area contributed by atoms with Gasteiger partial charge in [0.1, 0.15) is 0 Å². The van der Waals surface area contributed by atoms with E-state index in [0.29, 0.717) is 19.3 Å². The quantitative estimate of drug-likeness (QED) is 0.751. The molecule has 0 aliphatic heterocycles. The molecule has 0 radical (unpaired) electrons. The SMILES string of the molecule is CCNCc1sc(N(C)C(C)COC)nc1COC. The van der Waals surface area contributed by atoms with Gasteiger partial charge >= 0.3 is 0 Å². The lowest BCUT2D eigenvalue weighted by Crippen LogP contribution is -2.32. The molecule has 0 aliphatic rings. The highest BCUT2D eigenvalue weighted by atomic mass is 32.1. The fraction of sp³-hybridized carbons (Fsp3) is 0.769. The molecule has 1 heterocycles. The number of methoxy groups -OCH3 is 2. The summed E-state index contributed by atoms with van der Waals surface area (Å²) in [6.07, 6.45) is 0. The number of rotatable bonds is 9. The van der Waals surface area contributed by atoms with Gasteiger partial charge in [0.15, 0.2) is 5.13 Å². The third-order valence-electron chi connectivity index (χ3n) is 2.95. The highest BCUT2D eigenvalue weighted by molar-refractivity contribution is 7.15. The van der Waals surface area contributed by atoms with Crippen molar-refractivity contribution in [3.05, 3.63) is 10.6 Å². The lowest BCUT2D eigenvalue weighted by atomic mass is 10.3. The maximum Gasteiger partial charge on any atom is 0.185 e. The predicted octanol–water partition coefficient (Wildman–Crippen LogP) is 1.87. The average Bonchev–Trinajstić information content (AvgIpc) is 2.79. The number of ether oxygens (including phenoxy) is 2. The Bertz CT molecular complexity index is 371. The van der Waals surface area contributed by atoms with E-state index < -0.39 is 0 Å². The Labute approximate surface area is 119 Å². The summed E-state index contributed by atoms with van der Waals surface area (Å²) >= 11 is 1.72. The molecule has 5 nitrogen and oxygen atoms in total. The first-order chi connectivity index (χ1) is 9.13. The number of nitrogens with zero attached hydrogens (tertiary/aromatic N) is 2. The van der Waals surface area contributed by atoms with Gasteiger partial charge in [0.25, 0.3) is 0 Å². The molecule has 0 saturated carbocycles. The number of hydrogen-bond donors (Lipinski definition) is 1. The van der Waals surface area contributed by atoms with Gasteiger partial charge in [-0.25, -0.2) is 4.98 Å². The molecule has 1 N–H and O–H groups in total. The first-order valence-corrected chi connectivity index (χ1v) is 7.35. The number of aromatic nitrogens is 1. The van der Waals surface area contributed by atoms with Crippen LogP contribution in [0.25, 0.3) is 0 Å². The van der Waals surface area contributed by atoms with Gasteiger partial charge in [-0.1, -0.05) is 6.92 Å². The van der Waals surface area contributed by atoms with Gasteiger partial charge in [0.2, 0.25) is 0 Å². The van der Waals surface area contributed by atoms with E-state index in [4.69, 9.17) is 9.47 Å². The minimum atomic E-state index is 0.304. The Morgan fingerprint density at radius 3 is 2.68 bits per heavy atom. The van der Waals surface area contributed by atoms with Crippen LogP contribution in [0, 0.1) is 0 Å². The molecule has 0 aliphatic carbocycles. The summed E-state index contributed by atoms with van der Waals surface area (Å²) in [7, 11) is 5.47. The van der Waals surface area contributed by atoms with Crippen LogP contribution in [0.1, 0.15) is 24.4 Å². The first kappa shape index (κ1) is 16.4. The zero-order valence-corrected chi connectivity index (χ0v) is 13.3. The van der Waals surface area contributed by atoms with Gasteiger partial charge in [-0.3, -0.25) is 0 Å². The summed E-state index contributed by atoms with van der Waals surface area (Å²) in [5.74, 6) is 0. The molecule has 19 heavy (non-hydrogen) atoms. The fourth-order valence-electron chi connectivity index (χ4n) is 1.69. The summed E-state index contributed by atoms with van der Waals surface area (Å²) < 4.78 is 10.4. The lowest BCUT2D eigenvalue weighted by molar-refractivity contribution is 0.180. The molecule has 0 bridgehead atoms. The minimum absolute atomic E-state index is 0.304. The predicted molar refractivity (Wildman–Crippen MR) is 79.9 cm³/mol. The zero-order valence-electron chi connectivity index (χ0n) is 12.5. The van der Waals surface area contributed by atoms with Gasteiger partial charge in [-0.15, -0.1) is 11.3 Å². The third-order valence-corrected chi connectivity index (χ3v) is 4.14. The van der Waals surface area contributed by atoms with Gasteiger partial charge in [0.05, 0.1) is 24.9 Å². The molecule has 6 heteroatoms. The third kappa shape index (κ3) is 4.72. The maximum absolute atomic E-state index is 5.22. The fourth-order valence-corrected chi connectivity index (χ4v) is 2.79. The molecule has 1 aromatic heterocycles. The van der Waals surface area contributed by atoms with E-state index in [1.165, 1.54) is 4.88 Å². The highest BCUT2D eigenvalue weighted by Crippen LogP contribution is 2.27. The Morgan fingerprint density at radius 2 is 2.11 bits per heavy atom. The maximum atomic E-state index is 5.22. The average molecular weight is 287 g/mol. The summed E-state index contributed by atoms with van der Waals surface area (Å²) in [6, 6.07) is 0.304. The second-order valence-corrected chi connectivity index (χ2v) is 5.56. The van der Waals surface area contributed by atoms with Crippen molar-refractivity contribution in [1.82, 2.24) is 10.3 Å². The van der Waals surface area contributed by atoms with Crippen LogP contribution in [0.4, 0.5) is 5.13 Å². The second kappa shape index (κ2) is 8.47. The van der Waals surface area contributed by atoms with Crippen LogP contribution in [0.2, 0.25) is 0 Å². The van der Waals surface area contributed by atoms with Crippen LogP contribution >= 0.6 is 11.3 Å². The van der Waals surface area contributed by atoms with E-state index in [1.807, 2.05) is 0 Å². The van der Waals surface area contributed by atoms with Crippen molar-refractivity contribution in [2.24, 2.45) is 0 Å². The Morgan fingerprint density at radius 1 is 1.37 bits per heavy atom. The van der Waals surface area contributed by atoms with E-state index in [-0.39, 0.29) is 0 Å². The lowest BCUT2D eigenvalue weighted by Gasteiger charge is -2.23. The van der Waals surface area contributed by atoms with Gasteiger partial charge in [-0.2, -0.15) is 0 Å². The second-order valence-electron chi connectivity index (χ2n) is 4.49. The number of hydrogen-bond acceptors (Lipinski definition) is 6. The molecule has 0 spiro atoms. The molecule has 110 valence electrons. The normalized spacial score (nSPS) is 12.7. The van der Waals surface area contributed by atoms with E-state index in [9.17, 15) is 0 Å². The molecule has 1 rings (SSSR count). The van der Waals surface area contributed by atoms with Crippen molar-refractivity contribution in [3.8, 4) is 0 Å². The molecule has 1 aromatic rings. The van der Waals surface area contributed by atoms with Crippen LogP contribution < -0.4 is 10.2 Å². The summed E-state index contributed by atoms with van der Waals surface area (Å²) in [5.41, 5.74) is 1.03. The van der Waals surface area contributed by atoms with E-state index >= 15 is 0 Å². The van der Waals surface area contributed by atoms with Crippen LogP contribution in [0.3, 0.4) is 0 Å². The van der Waals surface area contributed by atoms with Crippen molar-refractivity contribution in [2.75, 3.05) is 39.3 Å². The smallest absolute Gasteiger partial charge is 0.185 e. The molecule has 1 unspecified atom stereocenters. The van der Waals surface area contributed by atoms with Crippen molar-refractivity contribution >= 4 is 16.5 Å². The minimum Gasteiger partial charge on any atom is -0.383 e. The largest absolute Gasteiger partial charge is 0.383 e. The highest BCUT2D eigenvalue weighted by Gasteiger charge is 2.17. The van der Waals surface area contributed by atoms with Crippen molar-refractivity contribution in [2.45, 2.75) is 33.0 Å². The van der Waals surface area contributed by atoms with Crippen LogP contribution in [-0.2, 0) is 22.6 Å². The Balaban J connectivity index is 2.83. The zero-order chi connectivity index (χ0) is 14.3. The van der Waals surface area contributed by atoms with Crippen LogP contribution in [0.15, 0.2) is 0 Å². The van der Waals surface area contributed by atoms with Crippen molar-refractivity contribution in [1.29, 1.82) is 0 Å². The monoisotopic (exact) mass is 287 g/mol. The molecule has 0 aromatic carbocycles. The van der Waals surface area contributed by atoms with E-state index in [1.54, 1.807) is 25.6 Å². The summed E-state index contributed by atoms with van der Waals surface area (Å²) in [5, 5.41) is 4.36. The number of likely N-dealkylation sites (N-methyl/N-ethyl adjacent to an activating group) is 1. The number of thiazole rings is 1. The molecule has 0 saturated heterocycles. The summed E-state index contributed by atoms with van der Waals surface area (Å²) in [6.45, 7) is 7.28. The first-order valence-electron chi connectivity index (χ1n) is 6.54. The molecule has 1 atom stereocenters. The van der Waals surface area contributed by atoms with Crippen molar-refractivity contribution in [3.63, 3.8) is 0 Å². The Kier molecular flexibility index (Phi) is 7.30. The van der Waals surface area contributed by atoms with Gasteiger partial charge < -0.3 is 19.7 Å². The molecule has 0 fully saturated rings. The topological polar surface area (TPSA) is 46.6 Å². The van der Waals surface area contributed by atoms with Gasteiger partial charge in [-0.05, 0) is 13.5 Å². The summed E-state index contributed by atoms with van der Waals surface area (Å²) in [4.78, 5) is 8.08. The standard InChI is InChI=1S/C13H25N3O2S/c1-6-14-7-12-11(9-18-5)15-13(19-12)16(3)10(2)8-17-4/h10,14H,6-9H2,1-5H3. The Hall–Kier alpha value is -0.690. The van der Waals surface area contributed by atoms with Gasteiger partial charge in [0, 0.05) is 32.7 Å². The molecular formula is C13H25N3O2S. The molecule has 0 amide bonds. The van der Waals surface area contributed by atoms with E-state index in [2.05, 4.69) is 36.1 Å². The van der Waals surface area contributed by atoms with Crippen molar-refractivity contribution < 1.29 is 9.47 Å². The molecular weight excluding hydrogens is 262 g/mol. The number of anilines is 1. The van der Waals surface area contributed by atoms with E-state index in [0.717, 1.165) is 23.9 Å². The number of nitrogens with one attached hydrogen (secondary N) is 1. The van der Waals surface area contributed by atoms with Crippen LogP contribution in [0.5, 0.6) is 0 Å².